The van der Waals surface area contributed by atoms with Crippen LogP contribution >= 0.6 is 0 Å². The van der Waals surface area contributed by atoms with Gasteiger partial charge in [0.15, 0.2) is 0 Å². The number of rotatable bonds is 4. The maximum atomic E-state index is 13.1. The molecule has 0 fully saturated rings. The summed E-state index contributed by atoms with van der Waals surface area (Å²) in [6.07, 6.45) is 0. The highest BCUT2D eigenvalue weighted by Gasteiger charge is 2.00. The van der Waals surface area contributed by atoms with E-state index in [2.05, 4.69) is 5.32 Å². The molecule has 0 amide bonds. The summed E-state index contributed by atoms with van der Waals surface area (Å²) in [5.74, 6) is 0.233. The lowest BCUT2D eigenvalue weighted by molar-refractivity contribution is 0.415. The Morgan fingerprint density at radius 3 is 2.78 bits per heavy atom. The topological polar surface area (TPSA) is 41.5 Å². The highest BCUT2D eigenvalue weighted by molar-refractivity contribution is 5.48. The Morgan fingerprint density at radius 1 is 1.22 bits per heavy atom. The number of hydrogen-bond acceptors (Lipinski definition) is 3. The van der Waals surface area contributed by atoms with Crippen molar-refractivity contribution in [2.75, 3.05) is 12.4 Å². The molecule has 2 rings (SSSR count). The number of ether oxygens (including phenoxy) is 1. The summed E-state index contributed by atoms with van der Waals surface area (Å²) in [5, 5.41) is 12.4. The zero-order valence-corrected chi connectivity index (χ0v) is 9.98. The number of aromatic hydroxyl groups is 1. The molecule has 0 aliphatic carbocycles. The molecule has 0 aromatic heterocycles. The molecule has 0 aliphatic rings. The van der Waals surface area contributed by atoms with Gasteiger partial charge in [0.1, 0.15) is 17.3 Å². The number of halogens is 1. The second-order valence-corrected chi connectivity index (χ2v) is 3.90. The molecule has 2 aromatic rings. The molecule has 2 N–H and O–H groups in total. The van der Waals surface area contributed by atoms with Crippen molar-refractivity contribution in [2.45, 2.75) is 6.54 Å². The first-order valence-corrected chi connectivity index (χ1v) is 5.54. The molecule has 3 nitrogen and oxygen atoms in total. The summed E-state index contributed by atoms with van der Waals surface area (Å²) >= 11 is 0. The van der Waals surface area contributed by atoms with Crippen molar-refractivity contribution in [1.82, 2.24) is 0 Å². The van der Waals surface area contributed by atoms with Crippen LogP contribution < -0.4 is 10.1 Å². The second-order valence-electron chi connectivity index (χ2n) is 3.90. The minimum atomic E-state index is -0.447. The van der Waals surface area contributed by atoms with E-state index in [1.54, 1.807) is 7.11 Å². The molecule has 0 aliphatic heterocycles. The number of phenolic OH excluding ortho intramolecular Hbond substituents is 1. The average molecular weight is 247 g/mol. The third-order valence-corrected chi connectivity index (χ3v) is 2.51. The quantitative estimate of drug-likeness (QED) is 0.872. The molecule has 4 heteroatoms. The Bertz CT molecular complexity index is 523. The molecule has 0 heterocycles. The van der Waals surface area contributed by atoms with Gasteiger partial charge in [0.25, 0.3) is 0 Å². The number of phenols is 1. The van der Waals surface area contributed by atoms with Crippen LogP contribution in [0, 0.1) is 5.82 Å². The summed E-state index contributed by atoms with van der Waals surface area (Å²) in [4.78, 5) is 0. The number of nitrogens with one attached hydrogen (secondary N) is 1. The smallest absolute Gasteiger partial charge is 0.127 e. The van der Waals surface area contributed by atoms with Gasteiger partial charge in [-0.1, -0.05) is 6.07 Å². The van der Waals surface area contributed by atoms with Gasteiger partial charge in [0.2, 0.25) is 0 Å². The summed E-state index contributed by atoms with van der Waals surface area (Å²) in [7, 11) is 1.60. The Balaban J connectivity index is 2.06. The van der Waals surface area contributed by atoms with Gasteiger partial charge in [-0.05, 0) is 29.8 Å². The average Bonchev–Trinajstić information content (AvgIpc) is 2.35. The zero-order valence-electron chi connectivity index (χ0n) is 9.98. The summed E-state index contributed by atoms with van der Waals surface area (Å²) in [6.45, 7) is 0.429. The Morgan fingerprint density at radius 2 is 2.06 bits per heavy atom. The molecule has 94 valence electrons. The van der Waals surface area contributed by atoms with Crippen LogP contribution in [0.1, 0.15) is 5.56 Å². The van der Waals surface area contributed by atoms with Gasteiger partial charge in [0, 0.05) is 24.4 Å². The first-order valence-electron chi connectivity index (χ1n) is 5.54. The molecule has 0 radical (unpaired) electrons. The minimum absolute atomic E-state index is 0.0718. The van der Waals surface area contributed by atoms with Crippen molar-refractivity contribution in [3.63, 3.8) is 0 Å². The van der Waals surface area contributed by atoms with Crippen LogP contribution in [-0.4, -0.2) is 12.2 Å². The van der Waals surface area contributed by atoms with Crippen LogP contribution in [0.4, 0.5) is 10.1 Å². The van der Waals surface area contributed by atoms with E-state index in [9.17, 15) is 9.50 Å². The van der Waals surface area contributed by atoms with E-state index in [0.717, 1.165) is 17.5 Å². The number of anilines is 1. The van der Waals surface area contributed by atoms with Gasteiger partial charge in [-0.15, -0.1) is 0 Å². The third kappa shape index (κ3) is 3.13. The van der Waals surface area contributed by atoms with Crippen molar-refractivity contribution in [1.29, 1.82) is 0 Å². The molecule has 0 saturated heterocycles. The van der Waals surface area contributed by atoms with E-state index >= 15 is 0 Å². The molecular formula is C14H14FNO2. The monoisotopic (exact) mass is 247 g/mol. The molecule has 0 unspecified atom stereocenters. The summed E-state index contributed by atoms with van der Waals surface area (Å²) in [6, 6.07) is 11.4. The molecule has 0 bridgehead atoms. The van der Waals surface area contributed by atoms with E-state index in [0.29, 0.717) is 12.1 Å². The third-order valence-electron chi connectivity index (χ3n) is 2.51. The minimum Gasteiger partial charge on any atom is -0.508 e. The van der Waals surface area contributed by atoms with Gasteiger partial charge in [-0.2, -0.15) is 0 Å². The van der Waals surface area contributed by atoms with Gasteiger partial charge in [-0.25, -0.2) is 4.39 Å². The highest BCUT2D eigenvalue weighted by atomic mass is 19.1. The maximum absolute atomic E-state index is 13.1. The van der Waals surface area contributed by atoms with Gasteiger partial charge in [0.05, 0.1) is 7.11 Å². The zero-order chi connectivity index (χ0) is 13.0. The number of hydrogen-bond donors (Lipinski definition) is 2. The molecular weight excluding hydrogens is 233 g/mol. The predicted molar refractivity (Wildman–Crippen MR) is 68.4 cm³/mol. The van der Waals surface area contributed by atoms with Crippen molar-refractivity contribution in [2.24, 2.45) is 0 Å². The molecule has 0 atom stereocenters. The van der Waals surface area contributed by atoms with E-state index in [1.165, 1.54) is 12.1 Å². The van der Waals surface area contributed by atoms with E-state index < -0.39 is 5.82 Å². The Kier molecular flexibility index (Phi) is 3.67. The van der Waals surface area contributed by atoms with Gasteiger partial charge < -0.3 is 15.2 Å². The van der Waals surface area contributed by atoms with E-state index in [-0.39, 0.29) is 5.75 Å². The second kappa shape index (κ2) is 5.40. The summed E-state index contributed by atoms with van der Waals surface area (Å²) < 4.78 is 18.2. The van der Waals surface area contributed by atoms with Crippen LogP contribution in [-0.2, 0) is 6.54 Å². The van der Waals surface area contributed by atoms with Crippen LogP contribution in [0.2, 0.25) is 0 Å². The SMILES string of the molecule is COc1cccc(NCc2cc(O)cc(F)c2)c1. The van der Waals surface area contributed by atoms with Crippen LogP contribution in [0.25, 0.3) is 0 Å². The van der Waals surface area contributed by atoms with Crippen LogP contribution in [0.3, 0.4) is 0 Å². The van der Waals surface area contributed by atoms with Crippen LogP contribution in [0.15, 0.2) is 42.5 Å². The Labute approximate surface area is 105 Å². The summed E-state index contributed by atoms with van der Waals surface area (Å²) in [5.41, 5.74) is 1.55. The van der Waals surface area contributed by atoms with Crippen molar-refractivity contribution in [3.8, 4) is 11.5 Å². The predicted octanol–water partition coefficient (Wildman–Crippen LogP) is 3.15. The fourth-order valence-electron chi connectivity index (χ4n) is 1.67. The molecule has 0 spiro atoms. The van der Waals surface area contributed by atoms with Crippen molar-refractivity contribution < 1.29 is 14.2 Å². The first kappa shape index (κ1) is 12.2. The lowest BCUT2D eigenvalue weighted by atomic mass is 10.2. The normalized spacial score (nSPS) is 10.1. The lowest BCUT2D eigenvalue weighted by Gasteiger charge is -2.08. The standard InChI is InChI=1S/C14H14FNO2/c1-18-14-4-2-3-12(8-14)16-9-10-5-11(15)7-13(17)6-10/h2-8,16-17H,9H2,1H3. The van der Waals surface area contributed by atoms with Crippen LogP contribution in [0.5, 0.6) is 11.5 Å². The van der Waals surface area contributed by atoms with Crippen molar-refractivity contribution >= 4 is 5.69 Å². The molecule has 18 heavy (non-hydrogen) atoms. The van der Waals surface area contributed by atoms with E-state index in [4.69, 9.17) is 4.74 Å². The van der Waals surface area contributed by atoms with E-state index in [1.807, 2.05) is 24.3 Å². The van der Waals surface area contributed by atoms with Gasteiger partial charge >= 0.3 is 0 Å². The number of benzene rings is 2. The highest BCUT2D eigenvalue weighted by Crippen LogP contribution is 2.19. The van der Waals surface area contributed by atoms with Crippen molar-refractivity contribution in [3.05, 3.63) is 53.8 Å². The number of methoxy groups -OCH3 is 1. The Hall–Kier alpha value is -2.23. The maximum Gasteiger partial charge on any atom is 0.127 e. The first-order chi connectivity index (χ1) is 8.67. The molecule has 0 saturated carbocycles. The van der Waals surface area contributed by atoms with Gasteiger partial charge in [-0.3, -0.25) is 0 Å². The largest absolute Gasteiger partial charge is 0.508 e. The lowest BCUT2D eigenvalue weighted by Crippen LogP contribution is -2.00. The fourth-order valence-corrected chi connectivity index (χ4v) is 1.67. The fraction of sp³-hybridized carbons (Fsp3) is 0.143. The molecule has 2 aromatic carbocycles.